The Morgan fingerprint density at radius 2 is 1.92 bits per heavy atom. The molecule has 0 aromatic heterocycles. The van der Waals surface area contributed by atoms with Crippen molar-refractivity contribution < 1.29 is 9.53 Å². The third-order valence-electron chi connectivity index (χ3n) is 1.65. The van der Waals surface area contributed by atoms with Crippen molar-refractivity contribution in [3.63, 3.8) is 0 Å². The molecule has 2 N–H and O–H groups in total. The Balaban J connectivity index is 4.17. The molecule has 13 heavy (non-hydrogen) atoms. The fraction of sp³-hybridized carbons (Fsp3) is 0.667. The van der Waals surface area contributed by atoms with Crippen LogP contribution in [0.25, 0.3) is 0 Å². The maximum absolute atomic E-state index is 11.4. The summed E-state index contributed by atoms with van der Waals surface area (Å²) in [6.45, 7) is 7.52. The number of hydrogen-bond donors (Lipinski definition) is 1. The minimum Gasteiger partial charge on any atom is -0.479 e. The van der Waals surface area contributed by atoms with Crippen molar-refractivity contribution in [1.82, 2.24) is 4.90 Å². The van der Waals surface area contributed by atoms with Gasteiger partial charge in [0, 0.05) is 13.1 Å². The van der Waals surface area contributed by atoms with Crippen LogP contribution in [0.4, 0.5) is 0 Å². The molecule has 0 aromatic rings. The Morgan fingerprint density at radius 1 is 1.38 bits per heavy atom. The summed E-state index contributed by atoms with van der Waals surface area (Å²) in [5, 5.41) is 0. The van der Waals surface area contributed by atoms with Gasteiger partial charge in [-0.1, -0.05) is 0 Å². The van der Waals surface area contributed by atoms with Crippen molar-refractivity contribution in [2.24, 2.45) is 5.73 Å². The SMILES string of the molecule is CCOC(N)=CC(=O)N(CC)CC. The maximum Gasteiger partial charge on any atom is 0.251 e. The molecule has 76 valence electrons. The smallest absolute Gasteiger partial charge is 0.251 e. The van der Waals surface area contributed by atoms with Crippen LogP contribution in [0.3, 0.4) is 0 Å². The summed E-state index contributed by atoms with van der Waals surface area (Å²) in [7, 11) is 0. The van der Waals surface area contributed by atoms with Crippen LogP contribution in [-0.4, -0.2) is 30.5 Å². The Labute approximate surface area is 79.3 Å². The van der Waals surface area contributed by atoms with Gasteiger partial charge in [0.1, 0.15) is 0 Å². The fourth-order valence-electron chi connectivity index (χ4n) is 0.957. The first-order valence-electron chi connectivity index (χ1n) is 4.54. The molecule has 0 saturated carbocycles. The first kappa shape index (κ1) is 11.8. The van der Waals surface area contributed by atoms with Gasteiger partial charge in [0.15, 0.2) is 5.88 Å². The van der Waals surface area contributed by atoms with Crippen LogP contribution in [0.2, 0.25) is 0 Å². The molecule has 4 heteroatoms. The predicted octanol–water partition coefficient (Wildman–Crippen LogP) is 0.691. The molecule has 0 heterocycles. The summed E-state index contributed by atoms with van der Waals surface area (Å²) in [6, 6.07) is 0. The summed E-state index contributed by atoms with van der Waals surface area (Å²) in [4.78, 5) is 13.1. The zero-order valence-electron chi connectivity index (χ0n) is 8.54. The second-order valence-electron chi connectivity index (χ2n) is 2.49. The number of nitrogens with zero attached hydrogens (tertiary/aromatic N) is 1. The van der Waals surface area contributed by atoms with Crippen LogP contribution in [0.15, 0.2) is 12.0 Å². The van der Waals surface area contributed by atoms with Gasteiger partial charge >= 0.3 is 0 Å². The van der Waals surface area contributed by atoms with Crippen molar-refractivity contribution in [1.29, 1.82) is 0 Å². The van der Waals surface area contributed by atoms with E-state index in [1.54, 1.807) is 4.90 Å². The molecular weight excluding hydrogens is 168 g/mol. The summed E-state index contributed by atoms with van der Waals surface area (Å²) >= 11 is 0. The Bertz CT molecular complexity index is 186. The molecule has 0 aliphatic heterocycles. The van der Waals surface area contributed by atoms with E-state index in [0.29, 0.717) is 19.7 Å². The van der Waals surface area contributed by atoms with Gasteiger partial charge in [0.05, 0.1) is 12.7 Å². The highest BCUT2D eigenvalue weighted by Gasteiger charge is 2.06. The normalized spacial score (nSPS) is 11.2. The number of amides is 1. The van der Waals surface area contributed by atoms with Crippen LogP contribution in [0, 0.1) is 0 Å². The predicted molar refractivity (Wildman–Crippen MR) is 51.8 cm³/mol. The summed E-state index contributed by atoms with van der Waals surface area (Å²) in [5.41, 5.74) is 5.42. The minimum absolute atomic E-state index is 0.101. The van der Waals surface area contributed by atoms with Gasteiger partial charge in [-0.2, -0.15) is 0 Å². The zero-order chi connectivity index (χ0) is 10.3. The third-order valence-corrected chi connectivity index (χ3v) is 1.65. The summed E-state index contributed by atoms with van der Waals surface area (Å²) in [5.74, 6) is 0.0790. The number of rotatable bonds is 5. The van der Waals surface area contributed by atoms with Gasteiger partial charge in [-0.05, 0) is 20.8 Å². The van der Waals surface area contributed by atoms with Crippen molar-refractivity contribution in [2.45, 2.75) is 20.8 Å². The first-order chi connectivity index (χ1) is 6.15. The Kier molecular flexibility index (Phi) is 5.76. The maximum atomic E-state index is 11.4. The van der Waals surface area contributed by atoms with E-state index in [9.17, 15) is 4.79 Å². The molecule has 0 aliphatic rings. The van der Waals surface area contributed by atoms with Gasteiger partial charge in [-0.15, -0.1) is 0 Å². The Hall–Kier alpha value is -1.19. The Morgan fingerprint density at radius 3 is 2.31 bits per heavy atom. The topological polar surface area (TPSA) is 55.6 Å². The van der Waals surface area contributed by atoms with Crippen molar-refractivity contribution >= 4 is 5.91 Å². The molecule has 0 unspecified atom stereocenters. The molecule has 0 saturated heterocycles. The molecule has 1 amide bonds. The van der Waals surface area contributed by atoms with Gasteiger partial charge in [0.25, 0.3) is 5.91 Å². The zero-order valence-corrected chi connectivity index (χ0v) is 8.54. The van der Waals surface area contributed by atoms with E-state index >= 15 is 0 Å². The lowest BCUT2D eigenvalue weighted by Crippen LogP contribution is -2.29. The van der Waals surface area contributed by atoms with E-state index in [4.69, 9.17) is 10.5 Å². The monoisotopic (exact) mass is 186 g/mol. The average Bonchev–Trinajstić information content (AvgIpc) is 2.06. The van der Waals surface area contributed by atoms with Gasteiger partial charge in [0.2, 0.25) is 0 Å². The molecule has 0 fully saturated rings. The highest BCUT2D eigenvalue weighted by Crippen LogP contribution is 1.94. The lowest BCUT2D eigenvalue weighted by atomic mass is 10.4. The number of hydrogen-bond acceptors (Lipinski definition) is 3. The number of nitrogens with two attached hydrogens (primary N) is 1. The largest absolute Gasteiger partial charge is 0.479 e. The van der Waals surface area contributed by atoms with E-state index < -0.39 is 0 Å². The first-order valence-corrected chi connectivity index (χ1v) is 4.54. The van der Waals surface area contributed by atoms with Crippen LogP contribution >= 0.6 is 0 Å². The lowest BCUT2D eigenvalue weighted by molar-refractivity contribution is -0.125. The van der Waals surface area contributed by atoms with Gasteiger partial charge < -0.3 is 15.4 Å². The van der Waals surface area contributed by atoms with E-state index in [-0.39, 0.29) is 11.8 Å². The van der Waals surface area contributed by atoms with Crippen molar-refractivity contribution in [3.8, 4) is 0 Å². The molecule has 0 bridgehead atoms. The van der Waals surface area contributed by atoms with Crippen molar-refractivity contribution in [2.75, 3.05) is 19.7 Å². The molecule has 0 spiro atoms. The van der Waals surface area contributed by atoms with Crippen molar-refractivity contribution in [3.05, 3.63) is 12.0 Å². The molecule has 0 radical (unpaired) electrons. The quantitative estimate of drug-likeness (QED) is 0.507. The van der Waals surface area contributed by atoms with Crippen LogP contribution in [-0.2, 0) is 9.53 Å². The number of ether oxygens (including phenoxy) is 1. The standard InChI is InChI=1S/C9H18N2O2/c1-4-11(5-2)9(12)7-8(10)13-6-3/h7H,4-6,10H2,1-3H3. The third kappa shape index (κ3) is 4.40. The van der Waals surface area contributed by atoms with Gasteiger partial charge in [-0.3, -0.25) is 4.79 Å². The van der Waals surface area contributed by atoms with E-state index in [1.807, 2.05) is 20.8 Å². The highest BCUT2D eigenvalue weighted by molar-refractivity contribution is 5.87. The summed E-state index contributed by atoms with van der Waals surface area (Å²) in [6.07, 6.45) is 1.32. The fourth-order valence-corrected chi connectivity index (χ4v) is 0.957. The number of carbonyl (C=O) groups excluding carboxylic acids is 1. The molecule has 4 nitrogen and oxygen atoms in total. The second-order valence-corrected chi connectivity index (χ2v) is 2.49. The summed E-state index contributed by atoms with van der Waals surface area (Å²) < 4.78 is 4.94. The molecule has 0 aromatic carbocycles. The second kappa shape index (κ2) is 6.34. The molecule has 0 rings (SSSR count). The molecular formula is C9H18N2O2. The van der Waals surface area contributed by atoms with Crippen LogP contribution in [0.1, 0.15) is 20.8 Å². The number of likely N-dealkylation sites (N-methyl/N-ethyl adjacent to an activating group) is 1. The van der Waals surface area contributed by atoms with Crippen LogP contribution < -0.4 is 5.73 Å². The van der Waals surface area contributed by atoms with E-state index in [0.717, 1.165) is 0 Å². The molecule has 0 aliphatic carbocycles. The van der Waals surface area contributed by atoms with Crippen LogP contribution in [0.5, 0.6) is 0 Å². The molecule has 0 atom stereocenters. The van der Waals surface area contributed by atoms with E-state index in [1.165, 1.54) is 6.08 Å². The average molecular weight is 186 g/mol. The minimum atomic E-state index is -0.101. The lowest BCUT2D eigenvalue weighted by Gasteiger charge is -2.16. The van der Waals surface area contributed by atoms with E-state index in [2.05, 4.69) is 0 Å². The van der Waals surface area contributed by atoms with Gasteiger partial charge in [-0.25, -0.2) is 0 Å². The number of carbonyl (C=O) groups is 1. The highest BCUT2D eigenvalue weighted by atomic mass is 16.5.